The molecule has 0 saturated heterocycles. The highest BCUT2D eigenvalue weighted by molar-refractivity contribution is 7.46. The van der Waals surface area contributed by atoms with Crippen LogP contribution in [0.3, 0.4) is 0 Å². The van der Waals surface area contributed by atoms with Crippen molar-refractivity contribution in [3.8, 4) is 0 Å². The predicted octanol–water partition coefficient (Wildman–Crippen LogP) is 5.58. The van der Waals surface area contributed by atoms with Gasteiger partial charge in [0.1, 0.15) is 0 Å². The van der Waals surface area contributed by atoms with E-state index in [1.807, 2.05) is 0 Å². The Kier molecular flexibility index (Phi) is 11.7. The third-order valence-corrected chi connectivity index (χ3v) is 4.65. The monoisotopic (exact) mass is 322 g/mol. The van der Waals surface area contributed by atoms with Crippen LogP contribution in [0, 0.1) is 0 Å². The fourth-order valence-electron chi connectivity index (χ4n) is 2.81. The van der Waals surface area contributed by atoms with Gasteiger partial charge in [-0.15, -0.1) is 0 Å². The molecule has 0 unspecified atom stereocenters. The number of hydrogen-bond donors (Lipinski definition) is 2. The molecule has 0 atom stereocenters. The number of rotatable bonds is 14. The van der Waals surface area contributed by atoms with Crippen LogP contribution in [0.25, 0.3) is 0 Å². The third kappa shape index (κ3) is 11.3. The molecule has 0 aromatic carbocycles. The summed E-state index contributed by atoms with van der Waals surface area (Å²) in [5, 5.41) is 0. The lowest BCUT2D eigenvalue weighted by molar-refractivity contribution is 0.00606. The average Bonchev–Trinajstić information content (AvgIpc) is 2.41. The minimum absolute atomic E-state index is 0.628. The Hall–Kier alpha value is 0.110. The van der Waals surface area contributed by atoms with Crippen LogP contribution >= 0.6 is 7.82 Å². The minimum Gasteiger partial charge on any atom is -0.303 e. The zero-order chi connectivity index (χ0) is 16.2. The standard InChI is InChI=1S/C16H35O4P/c1-4-7-10-11-12-15-16(13-8-5-2,14-9-6-3)20-21(17,18)19/h4-15H2,1-3H3,(H2,17,18,19). The molecule has 0 aliphatic heterocycles. The van der Waals surface area contributed by atoms with Gasteiger partial charge in [-0.25, -0.2) is 4.57 Å². The van der Waals surface area contributed by atoms with Crippen LogP contribution in [0.1, 0.15) is 97.8 Å². The molecule has 0 fully saturated rings. The molecule has 4 nitrogen and oxygen atoms in total. The van der Waals surface area contributed by atoms with E-state index in [0.29, 0.717) is 0 Å². The fraction of sp³-hybridized carbons (Fsp3) is 1.00. The second-order valence-electron chi connectivity index (χ2n) is 6.14. The van der Waals surface area contributed by atoms with Crippen molar-refractivity contribution < 1.29 is 18.9 Å². The first-order chi connectivity index (χ1) is 9.89. The number of unbranched alkanes of at least 4 members (excludes halogenated alkanes) is 6. The summed E-state index contributed by atoms with van der Waals surface area (Å²) in [6.07, 6.45) is 12.0. The summed E-state index contributed by atoms with van der Waals surface area (Å²) in [5.74, 6) is 0. The van der Waals surface area contributed by atoms with Crippen LogP contribution in [0.4, 0.5) is 0 Å². The molecule has 0 rings (SSSR count). The van der Waals surface area contributed by atoms with Crippen LogP contribution < -0.4 is 0 Å². The second-order valence-corrected chi connectivity index (χ2v) is 7.30. The molecule has 0 aromatic heterocycles. The van der Waals surface area contributed by atoms with Crippen molar-refractivity contribution in [3.63, 3.8) is 0 Å². The van der Waals surface area contributed by atoms with Gasteiger partial charge >= 0.3 is 7.82 Å². The predicted molar refractivity (Wildman–Crippen MR) is 88.3 cm³/mol. The number of phosphoric ester groups is 1. The van der Waals surface area contributed by atoms with Crippen molar-refractivity contribution in [1.82, 2.24) is 0 Å². The molecule has 0 radical (unpaired) electrons. The van der Waals surface area contributed by atoms with E-state index >= 15 is 0 Å². The van der Waals surface area contributed by atoms with Gasteiger partial charge in [0.25, 0.3) is 0 Å². The largest absolute Gasteiger partial charge is 0.470 e. The van der Waals surface area contributed by atoms with Crippen LogP contribution in [0.5, 0.6) is 0 Å². The lowest BCUT2D eigenvalue weighted by Gasteiger charge is -2.34. The van der Waals surface area contributed by atoms with E-state index in [1.165, 1.54) is 19.3 Å². The molecular weight excluding hydrogens is 287 g/mol. The Morgan fingerprint density at radius 3 is 1.62 bits per heavy atom. The molecule has 2 N–H and O–H groups in total. The second kappa shape index (κ2) is 11.6. The maximum absolute atomic E-state index is 11.4. The first-order valence-corrected chi connectivity index (χ1v) is 10.2. The van der Waals surface area contributed by atoms with E-state index in [1.54, 1.807) is 0 Å². The van der Waals surface area contributed by atoms with Crippen molar-refractivity contribution >= 4 is 7.82 Å². The van der Waals surface area contributed by atoms with Crippen LogP contribution in [0.15, 0.2) is 0 Å². The van der Waals surface area contributed by atoms with E-state index in [4.69, 9.17) is 4.52 Å². The Morgan fingerprint density at radius 1 is 0.762 bits per heavy atom. The highest BCUT2D eigenvalue weighted by Crippen LogP contribution is 2.47. The molecule has 0 spiro atoms. The first kappa shape index (κ1) is 21.1. The Labute approximate surface area is 130 Å². The number of phosphoric acid groups is 1. The molecule has 0 saturated carbocycles. The average molecular weight is 322 g/mol. The van der Waals surface area contributed by atoms with Gasteiger partial charge in [-0.2, -0.15) is 0 Å². The zero-order valence-electron chi connectivity index (χ0n) is 14.1. The van der Waals surface area contributed by atoms with Crippen LogP contribution in [-0.2, 0) is 9.09 Å². The van der Waals surface area contributed by atoms with Crippen molar-refractivity contribution in [2.45, 2.75) is 103 Å². The molecule has 0 aromatic rings. The van der Waals surface area contributed by atoms with Gasteiger partial charge in [-0.1, -0.05) is 78.6 Å². The van der Waals surface area contributed by atoms with Crippen molar-refractivity contribution in [2.75, 3.05) is 0 Å². The molecule has 0 aliphatic rings. The van der Waals surface area contributed by atoms with Gasteiger partial charge in [-0.3, -0.25) is 4.52 Å². The van der Waals surface area contributed by atoms with Crippen molar-refractivity contribution in [3.05, 3.63) is 0 Å². The number of hydrogen-bond acceptors (Lipinski definition) is 2. The first-order valence-electron chi connectivity index (χ1n) is 8.65. The zero-order valence-corrected chi connectivity index (χ0v) is 15.0. The summed E-state index contributed by atoms with van der Waals surface area (Å²) < 4.78 is 16.7. The van der Waals surface area contributed by atoms with E-state index in [2.05, 4.69) is 20.8 Å². The quantitative estimate of drug-likeness (QED) is 0.324. The van der Waals surface area contributed by atoms with Gasteiger partial charge in [-0.05, 0) is 19.3 Å². The lowest BCUT2D eigenvalue weighted by Crippen LogP contribution is -2.32. The Bertz CT molecular complexity index is 280. The summed E-state index contributed by atoms with van der Waals surface area (Å²) in [6.45, 7) is 6.39. The van der Waals surface area contributed by atoms with E-state index in [-0.39, 0.29) is 0 Å². The minimum atomic E-state index is -4.43. The smallest absolute Gasteiger partial charge is 0.303 e. The van der Waals surface area contributed by atoms with E-state index < -0.39 is 13.4 Å². The van der Waals surface area contributed by atoms with Crippen molar-refractivity contribution in [2.24, 2.45) is 0 Å². The molecule has 5 heteroatoms. The summed E-state index contributed by atoms with van der Waals surface area (Å²) in [5.41, 5.74) is -0.628. The molecule has 128 valence electrons. The SMILES string of the molecule is CCCCCCCC(CCCC)(CCCC)OP(=O)(O)O. The topological polar surface area (TPSA) is 66.8 Å². The van der Waals surface area contributed by atoms with E-state index in [0.717, 1.165) is 57.8 Å². The van der Waals surface area contributed by atoms with Gasteiger partial charge in [0.15, 0.2) is 0 Å². The normalized spacial score (nSPS) is 12.8. The van der Waals surface area contributed by atoms with Crippen LogP contribution in [-0.4, -0.2) is 15.4 Å². The van der Waals surface area contributed by atoms with Gasteiger partial charge in [0.05, 0.1) is 5.60 Å². The Morgan fingerprint density at radius 2 is 1.19 bits per heavy atom. The van der Waals surface area contributed by atoms with Gasteiger partial charge in [0, 0.05) is 0 Å². The summed E-state index contributed by atoms with van der Waals surface area (Å²) in [7, 11) is -4.43. The molecule has 0 bridgehead atoms. The maximum Gasteiger partial charge on any atom is 0.470 e. The summed E-state index contributed by atoms with van der Waals surface area (Å²) >= 11 is 0. The summed E-state index contributed by atoms with van der Waals surface area (Å²) in [6, 6.07) is 0. The maximum atomic E-state index is 11.4. The van der Waals surface area contributed by atoms with E-state index in [9.17, 15) is 14.4 Å². The molecule has 21 heavy (non-hydrogen) atoms. The fourth-order valence-corrected chi connectivity index (χ4v) is 3.59. The molecule has 0 aliphatic carbocycles. The molecule has 0 heterocycles. The van der Waals surface area contributed by atoms with Gasteiger partial charge in [0.2, 0.25) is 0 Å². The van der Waals surface area contributed by atoms with Crippen LogP contribution in [0.2, 0.25) is 0 Å². The highest BCUT2D eigenvalue weighted by Gasteiger charge is 2.36. The molecule has 0 amide bonds. The third-order valence-electron chi connectivity index (χ3n) is 4.02. The molecular formula is C16H35O4P. The lowest BCUT2D eigenvalue weighted by atomic mass is 9.86. The Balaban J connectivity index is 4.67. The van der Waals surface area contributed by atoms with Crippen molar-refractivity contribution in [1.29, 1.82) is 0 Å². The summed E-state index contributed by atoms with van der Waals surface area (Å²) in [4.78, 5) is 18.6. The van der Waals surface area contributed by atoms with Gasteiger partial charge < -0.3 is 9.79 Å². The highest BCUT2D eigenvalue weighted by atomic mass is 31.2.